The molecule has 0 unspecified atom stereocenters. The number of rotatable bonds is 7. The Morgan fingerprint density at radius 1 is 0.920 bits per heavy atom. The first-order valence-electron chi connectivity index (χ1n) is 7.85. The van der Waals surface area contributed by atoms with Crippen molar-refractivity contribution in [3.63, 3.8) is 0 Å². The lowest BCUT2D eigenvalue weighted by molar-refractivity contribution is -0.138. The van der Waals surface area contributed by atoms with Crippen LogP contribution in [0.5, 0.6) is 5.75 Å². The van der Waals surface area contributed by atoms with Crippen LogP contribution in [0, 0.1) is 0 Å². The highest BCUT2D eigenvalue weighted by molar-refractivity contribution is 5.88. The number of ether oxygens (including phenoxy) is 2. The average Bonchev–Trinajstić information content (AvgIpc) is 2.57. The second kappa shape index (κ2) is 9.42. The van der Waals surface area contributed by atoms with Crippen molar-refractivity contribution < 1.29 is 19.1 Å². The maximum Gasteiger partial charge on any atom is 0.338 e. The van der Waals surface area contributed by atoms with E-state index in [2.05, 4.69) is 13.2 Å². The summed E-state index contributed by atoms with van der Waals surface area (Å²) < 4.78 is 10.2. The smallest absolute Gasteiger partial charge is 0.338 e. The monoisotopic (exact) mass is 340 g/mol. The van der Waals surface area contributed by atoms with Gasteiger partial charge in [0.1, 0.15) is 12.4 Å². The number of carbonyl (C=O) groups is 2. The van der Waals surface area contributed by atoms with Crippen LogP contribution in [0.4, 0.5) is 0 Å². The van der Waals surface area contributed by atoms with Crippen molar-refractivity contribution in [2.45, 2.75) is 27.7 Å². The third-order valence-electron chi connectivity index (χ3n) is 3.27. The average molecular weight is 340 g/mol. The Balaban J connectivity index is 2.70. The van der Waals surface area contributed by atoms with Gasteiger partial charge in [0.15, 0.2) is 0 Å². The van der Waals surface area contributed by atoms with E-state index in [0.29, 0.717) is 16.9 Å². The van der Waals surface area contributed by atoms with E-state index in [1.807, 2.05) is 38.1 Å². The Bertz CT molecular complexity index is 734. The van der Waals surface area contributed by atoms with Gasteiger partial charge in [0.05, 0.1) is 0 Å². The van der Waals surface area contributed by atoms with Crippen LogP contribution in [-0.4, -0.2) is 18.5 Å². The van der Waals surface area contributed by atoms with Gasteiger partial charge >= 0.3 is 11.9 Å². The summed E-state index contributed by atoms with van der Waals surface area (Å²) in [6.07, 6.45) is 3.84. The minimum atomic E-state index is -0.442. The van der Waals surface area contributed by atoms with Crippen LogP contribution in [0.15, 0.2) is 66.3 Å². The Morgan fingerprint density at radius 3 is 2.00 bits per heavy atom. The van der Waals surface area contributed by atoms with E-state index in [-0.39, 0.29) is 6.61 Å². The summed E-state index contributed by atoms with van der Waals surface area (Å²) >= 11 is 0. The quantitative estimate of drug-likeness (QED) is 0.314. The molecule has 0 saturated carbocycles. The van der Waals surface area contributed by atoms with E-state index in [9.17, 15) is 9.59 Å². The van der Waals surface area contributed by atoms with Crippen molar-refractivity contribution >= 4 is 17.5 Å². The van der Waals surface area contributed by atoms with Crippen LogP contribution < -0.4 is 4.74 Å². The molecule has 0 spiro atoms. The molecule has 0 atom stereocenters. The second-order valence-electron chi connectivity index (χ2n) is 5.91. The lowest BCUT2D eigenvalue weighted by Gasteiger charge is -2.06. The fraction of sp³-hybridized carbons (Fsp3) is 0.238. The van der Waals surface area contributed by atoms with Crippen LogP contribution in [0.3, 0.4) is 0 Å². The van der Waals surface area contributed by atoms with Gasteiger partial charge in [0.2, 0.25) is 0 Å². The predicted molar refractivity (Wildman–Crippen MR) is 100 cm³/mol. The number of hydrogen-bond acceptors (Lipinski definition) is 4. The molecule has 0 aliphatic carbocycles. The second-order valence-corrected chi connectivity index (χ2v) is 5.91. The molecule has 0 fully saturated rings. The summed E-state index contributed by atoms with van der Waals surface area (Å²) in [7, 11) is 0. The van der Waals surface area contributed by atoms with Gasteiger partial charge in [-0.05, 0) is 56.5 Å². The molecule has 132 valence electrons. The van der Waals surface area contributed by atoms with E-state index < -0.39 is 11.9 Å². The highest BCUT2D eigenvalue weighted by Crippen LogP contribution is 2.19. The molecule has 25 heavy (non-hydrogen) atoms. The molecular formula is C21H24O4. The summed E-state index contributed by atoms with van der Waals surface area (Å²) in [6.45, 7) is 14.4. The number of benzene rings is 1. The number of esters is 2. The Kier molecular flexibility index (Phi) is 7.60. The Morgan fingerprint density at radius 2 is 1.48 bits per heavy atom. The molecule has 0 radical (unpaired) electrons. The van der Waals surface area contributed by atoms with E-state index in [1.54, 1.807) is 26.0 Å². The topological polar surface area (TPSA) is 52.6 Å². The number of hydrogen-bond donors (Lipinski definition) is 0. The van der Waals surface area contributed by atoms with Gasteiger partial charge in [-0.1, -0.05) is 37.4 Å². The molecule has 4 nitrogen and oxygen atoms in total. The highest BCUT2D eigenvalue weighted by Gasteiger charge is 2.05. The number of carbonyl (C=O) groups excluding carboxylic acids is 2. The van der Waals surface area contributed by atoms with Gasteiger partial charge in [0, 0.05) is 11.1 Å². The van der Waals surface area contributed by atoms with Crippen molar-refractivity contribution in [3.8, 4) is 5.75 Å². The third-order valence-corrected chi connectivity index (χ3v) is 3.27. The summed E-state index contributed by atoms with van der Waals surface area (Å²) in [5.74, 6) is -0.362. The first-order chi connectivity index (χ1) is 11.7. The zero-order valence-electron chi connectivity index (χ0n) is 15.2. The standard InChI is InChI=1S/C21H24O4/c1-14(2)20(22)24-13-16(5)7-8-17(6)18-9-11-19(12-10-18)25-21(23)15(3)4/h7-12H,1,3,13H2,2,4-6H3/b16-7+,17-8+. The molecule has 1 rings (SSSR count). The maximum absolute atomic E-state index is 11.5. The summed E-state index contributed by atoms with van der Waals surface area (Å²) in [5, 5.41) is 0. The summed E-state index contributed by atoms with van der Waals surface area (Å²) in [5.41, 5.74) is 3.68. The van der Waals surface area contributed by atoms with Crippen LogP contribution in [0.2, 0.25) is 0 Å². The van der Waals surface area contributed by atoms with Crippen LogP contribution in [-0.2, 0) is 14.3 Å². The van der Waals surface area contributed by atoms with Gasteiger partial charge in [-0.25, -0.2) is 9.59 Å². The van der Waals surface area contributed by atoms with E-state index in [4.69, 9.17) is 9.47 Å². The normalized spacial score (nSPS) is 11.7. The van der Waals surface area contributed by atoms with Crippen molar-refractivity contribution in [2.75, 3.05) is 6.61 Å². The zero-order chi connectivity index (χ0) is 19.0. The van der Waals surface area contributed by atoms with Gasteiger partial charge in [-0.2, -0.15) is 0 Å². The van der Waals surface area contributed by atoms with Crippen LogP contribution in [0.1, 0.15) is 33.3 Å². The summed E-state index contributed by atoms with van der Waals surface area (Å²) in [6, 6.07) is 7.21. The predicted octanol–water partition coefficient (Wildman–Crippen LogP) is 4.64. The molecule has 0 aliphatic heterocycles. The van der Waals surface area contributed by atoms with Gasteiger partial charge in [-0.15, -0.1) is 0 Å². The molecule has 0 aliphatic rings. The SMILES string of the molecule is C=C(C)C(=O)OC/C(C)=C/C=C(\C)c1ccc(OC(=O)C(=C)C)cc1. The molecule has 0 saturated heterocycles. The minimum absolute atomic E-state index is 0.227. The maximum atomic E-state index is 11.5. The third kappa shape index (κ3) is 7.04. The van der Waals surface area contributed by atoms with E-state index >= 15 is 0 Å². The van der Waals surface area contributed by atoms with Gasteiger partial charge < -0.3 is 9.47 Å². The molecule has 0 N–H and O–H groups in total. The van der Waals surface area contributed by atoms with E-state index in [1.165, 1.54) is 0 Å². The molecule has 0 aromatic heterocycles. The van der Waals surface area contributed by atoms with Crippen molar-refractivity contribution in [1.82, 2.24) is 0 Å². The molecule has 0 amide bonds. The lowest BCUT2D eigenvalue weighted by atomic mass is 10.1. The summed E-state index contributed by atoms with van der Waals surface area (Å²) in [4.78, 5) is 22.8. The fourth-order valence-corrected chi connectivity index (χ4v) is 1.69. The Labute approximate surface area is 149 Å². The number of allylic oxidation sites excluding steroid dienone is 3. The molecule has 4 heteroatoms. The Hall–Kier alpha value is -2.88. The molecule has 0 heterocycles. The first-order valence-corrected chi connectivity index (χ1v) is 7.85. The molecule has 1 aromatic carbocycles. The zero-order valence-corrected chi connectivity index (χ0v) is 15.2. The molecule has 1 aromatic rings. The molecular weight excluding hydrogens is 316 g/mol. The highest BCUT2D eigenvalue weighted by atomic mass is 16.5. The minimum Gasteiger partial charge on any atom is -0.458 e. The van der Waals surface area contributed by atoms with E-state index in [0.717, 1.165) is 16.7 Å². The van der Waals surface area contributed by atoms with Gasteiger partial charge in [0.25, 0.3) is 0 Å². The fourth-order valence-electron chi connectivity index (χ4n) is 1.69. The van der Waals surface area contributed by atoms with Crippen molar-refractivity contribution in [3.05, 3.63) is 71.9 Å². The van der Waals surface area contributed by atoms with Gasteiger partial charge in [-0.3, -0.25) is 0 Å². The van der Waals surface area contributed by atoms with Crippen LogP contribution >= 0.6 is 0 Å². The van der Waals surface area contributed by atoms with Crippen LogP contribution in [0.25, 0.3) is 5.57 Å². The largest absolute Gasteiger partial charge is 0.458 e. The van der Waals surface area contributed by atoms with Crippen molar-refractivity contribution in [2.24, 2.45) is 0 Å². The van der Waals surface area contributed by atoms with Crippen molar-refractivity contribution in [1.29, 1.82) is 0 Å². The first kappa shape index (κ1) is 20.2. The molecule has 0 bridgehead atoms. The lowest BCUT2D eigenvalue weighted by Crippen LogP contribution is -2.07.